The van der Waals surface area contributed by atoms with Crippen LogP contribution in [0.25, 0.3) is 0 Å². The zero-order valence-electron chi connectivity index (χ0n) is 17.1. The number of carbonyl (C=O) groups excluding carboxylic acids is 2. The van der Waals surface area contributed by atoms with Crippen molar-refractivity contribution in [2.75, 3.05) is 5.32 Å². The Morgan fingerprint density at radius 1 is 0.886 bits per heavy atom. The van der Waals surface area contributed by atoms with Crippen LogP contribution in [-0.2, 0) is 10.2 Å². The summed E-state index contributed by atoms with van der Waals surface area (Å²) in [5.41, 5.74) is 3.68. The van der Waals surface area contributed by atoms with Crippen molar-refractivity contribution in [2.24, 2.45) is 5.73 Å². The van der Waals surface area contributed by atoms with Crippen LogP contribution in [0.2, 0.25) is 15.1 Å². The van der Waals surface area contributed by atoms with E-state index in [1.54, 1.807) is 0 Å². The maximum atomic E-state index is 14.3. The highest BCUT2D eigenvalue weighted by molar-refractivity contribution is 6.55. The number of primary amides is 1. The largest absolute Gasteiger partial charge is 0.369 e. The highest BCUT2D eigenvalue weighted by Crippen LogP contribution is 2.74. The molecule has 35 heavy (non-hydrogen) atoms. The maximum absolute atomic E-state index is 14.3. The number of benzene rings is 3. The third-order valence-electron chi connectivity index (χ3n) is 5.81. The molecular weight excluding hydrogens is 571 g/mol. The molecule has 1 aliphatic rings. The Kier molecular flexibility index (Phi) is 6.70. The van der Waals surface area contributed by atoms with E-state index in [1.807, 2.05) is 0 Å². The van der Waals surface area contributed by atoms with E-state index in [2.05, 4.69) is 5.32 Å². The molecule has 182 valence electrons. The monoisotopic (exact) mass is 580 g/mol. The fourth-order valence-corrected chi connectivity index (χ4v) is 5.76. The Balaban J connectivity index is 1.79. The first-order valence-corrected chi connectivity index (χ1v) is 11.6. The van der Waals surface area contributed by atoms with E-state index in [4.69, 9.17) is 63.7 Å². The summed E-state index contributed by atoms with van der Waals surface area (Å²) in [6, 6.07) is 8.82. The number of anilines is 1. The molecule has 0 saturated heterocycles. The molecular formula is C23H12Cl5F3N2O2. The van der Waals surface area contributed by atoms with Crippen LogP contribution in [0.15, 0.2) is 48.5 Å². The summed E-state index contributed by atoms with van der Waals surface area (Å²) in [5.74, 6) is -5.59. The Hall–Kier alpha value is -2.16. The number of nitrogens with one attached hydrogen (secondary N) is 1. The van der Waals surface area contributed by atoms with Crippen LogP contribution in [0.4, 0.5) is 18.9 Å². The predicted octanol–water partition coefficient (Wildman–Crippen LogP) is 7.01. The van der Waals surface area contributed by atoms with Crippen LogP contribution in [0, 0.1) is 17.5 Å². The quantitative estimate of drug-likeness (QED) is 0.251. The molecule has 0 bridgehead atoms. The van der Waals surface area contributed by atoms with Gasteiger partial charge in [-0.2, -0.15) is 0 Å². The second kappa shape index (κ2) is 9.05. The summed E-state index contributed by atoms with van der Waals surface area (Å²) in [6.07, 6.45) is 0. The Bertz CT molecular complexity index is 1380. The van der Waals surface area contributed by atoms with Crippen LogP contribution in [-0.4, -0.2) is 16.1 Å². The van der Waals surface area contributed by atoms with E-state index >= 15 is 0 Å². The molecule has 3 aromatic rings. The maximum Gasteiger partial charge on any atom is 0.257 e. The van der Waals surface area contributed by atoms with Crippen molar-refractivity contribution < 1.29 is 22.8 Å². The molecule has 3 aromatic carbocycles. The lowest BCUT2D eigenvalue weighted by atomic mass is 9.88. The molecule has 4 rings (SSSR count). The molecule has 2 atom stereocenters. The molecule has 0 spiro atoms. The minimum absolute atomic E-state index is 0.0547. The van der Waals surface area contributed by atoms with Gasteiger partial charge < -0.3 is 11.1 Å². The van der Waals surface area contributed by atoms with Crippen molar-refractivity contribution in [3.8, 4) is 0 Å². The van der Waals surface area contributed by atoms with E-state index in [1.165, 1.54) is 24.3 Å². The fraction of sp³-hybridized carbons (Fsp3) is 0.130. The van der Waals surface area contributed by atoms with E-state index in [0.717, 1.165) is 18.2 Å². The van der Waals surface area contributed by atoms with E-state index in [9.17, 15) is 22.8 Å². The number of hydrogen-bond donors (Lipinski definition) is 2. The summed E-state index contributed by atoms with van der Waals surface area (Å²) in [5, 5.41) is 1.77. The van der Waals surface area contributed by atoms with Crippen molar-refractivity contribution >= 4 is 75.5 Å². The van der Waals surface area contributed by atoms with E-state index in [0.29, 0.717) is 6.07 Å². The summed E-state index contributed by atoms with van der Waals surface area (Å²) >= 11 is 31.0. The molecule has 0 aliphatic heterocycles. The van der Waals surface area contributed by atoms with Gasteiger partial charge in [0, 0.05) is 12.0 Å². The van der Waals surface area contributed by atoms with Crippen LogP contribution in [0.1, 0.15) is 27.4 Å². The molecule has 0 heterocycles. The number of halogens is 8. The lowest BCUT2D eigenvalue weighted by Crippen LogP contribution is -2.34. The zero-order valence-corrected chi connectivity index (χ0v) is 20.9. The molecule has 0 radical (unpaired) electrons. The Morgan fingerprint density at radius 3 is 2.17 bits per heavy atom. The summed E-state index contributed by atoms with van der Waals surface area (Å²) in [7, 11) is 0. The van der Waals surface area contributed by atoms with Gasteiger partial charge >= 0.3 is 0 Å². The van der Waals surface area contributed by atoms with E-state index in [-0.39, 0.29) is 37.4 Å². The van der Waals surface area contributed by atoms with Crippen LogP contribution >= 0.6 is 58.0 Å². The lowest BCUT2D eigenvalue weighted by Gasteiger charge is -2.17. The van der Waals surface area contributed by atoms with Gasteiger partial charge in [-0.25, -0.2) is 13.2 Å². The normalized spacial score (nSPS) is 20.4. The number of nitrogens with two attached hydrogens (primary N) is 1. The SMILES string of the molecule is NC(=O)C1(c2ccc(Cl)c(C(=O)Nc3ccc(F)cc3F)c2)C(c2cc(F)c(Cl)c(Cl)c2)C1(Cl)Cl. The van der Waals surface area contributed by atoms with Crippen molar-refractivity contribution in [3.63, 3.8) is 0 Å². The Labute approximate surface area is 222 Å². The van der Waals surface area contributed by atoms with Gasteiger partial charge in [-0.05, 0) is 47.5 Å². The first-order valence-electron chi connectivity index (χ1n) is 9.71. The van der Waals surface area contributed by atoms with Crippen LogP contribution in [0.5, 0.6) is 0 Å². The van der Waals surface area contributed by atoms with Gasteiger partial charge in [-0.15, -0.1) is 0 Å². The van der Waals surface area contributed by atoms with Crippen molar-refractivity contribution in [2.45, 2.75) is 15.7 Å². The topological polar surface area (TPSA) is 72.2 Å². The van der Waals surface area contributed by atoms with Gasteiger partial charge in [0.15, 0.2) is 0 Å². The number of hydrogen-bond acceptors (Lipinski definition) is 2. The molecule has 0 aromatic heterocycles. The Morgan fingerprint density at radius 2 is 1.57 bits per heavy atom. The average molecular weight is 583 g/mol. The van der Waals surface area contributed by atoms with Crippen molar-refractivity contribution in [3.05, 3.63) is 97.7 Å². The van der Waals surface area contributed by atoms with Gasteiger partial charge in [0.05, 0.1) is 26.3 Å². The average Bonchev–Trinajstić information content (AvgIpc) is 3.31. The molecule has 1 saturated carbocycles. The minimum atomic E-state index is -1.85. The standard InChI is InChI=1S/C23H12Cl5F3N2O2/c24-13-3-1-10(7-12(13)20(34)33-17-4-2-11(29)8-15(17)30)22(21(32)35)19(23(22,27)28)9-5-14(25)18(26)16(31)6-9/h1-8,19H,(H2,32,35)(H,33,34). The van der Waals surface area contributed by atoms with Gasteiger partial charge in [0.25, 0.3) is 5.91 Å². The molecule has 3 N–H and O–H groups in total. The molecule has 1 fully saturated rings. The molecule has 2 unspecified atom stereocenters. The molecule has 2 amide bonds. The number of amides is 2. The fourth-order valence-electron chi connectivity index (χ4n) is 4.14. The van der Waals surface area contributed by atoms with Gasteiger partial charge in [-0.1, -0.05) is 64.1 Å². The lowest BCUT2D eigenvalue weighted by molar-refractivity contribution is -0.120. The third-order valence-corrected chi connectivity index (χ3v) is 7.95. The molecule has 1 aliphatic carbocycles. The smallest absolute Gasteiger partial charge is 0.257 e. The first kappa shape index (κ1) is 25.9. The molecule has 4 nitrogen and oxygen atoms in total. The second-order valence-electron chi connectivity index (χ2n) is 7.80. The highest BCUT2D eigenvalue weighted by Gasteiger charge is 2.81. The van der Waals surface area contributed by atoms with Crippen LogP contribution in [0.3, 0.4) is 0 Å². The minimum Gasteiger partial charge on any atom is -0.369 e. The number of alkyl halides is 2. The predicted molar refractivity (Wildman–Crippen MR) is 130 cm³/mol. The second-order valence-corrected chi connectivity index (χ2v) is 10.4. The van der Waals surface area contributed by atoms with E-state index < -0.39 is 44.9 Å². The van der Waals surface area contributed by atoms with Gasteiger partial charge in [0.2, 0.25) is 5.91 Å². The molecule has 12 heteroatoms. The summed E-state index contributed by atoms with van der Waals surface area (Å²) < 4.78 is 39.6. The van der Waals surface area contributed by atoms with Gasteiger partial charge in [-0.3, -0.25) is 9.59 Å². The summed E-state index contributed by atoms with van der Waals surface area (Å²) in [6.45, 7) is 0. The highest BCUT2D eigenvalue weighted by atomic mass is 35.5. The van der Waals surface area contributed by atoms with Crippen molar-refractivity contribution in [1.29, 1.82) is 0 Å². The number of carbonyl (C=O) groups is 2. The number of rotatable bonds is 5. The summed E-state index contributed by atoms with van der Waals surface area (Å²) in [4.78, 5) is 25.6. The van der Waals surface area contributed by atoms with Gasteiger partial charge in [0.1, 0.15) is 27.2 Å². The first-order chi connectivity index (χ1) is 16.3. The van der Waals surface area contributed by atoms with Crippen molar-refractivity contribution in [1.82, 2.24) is 0 Å². The zero-order chi connectivity index (χ0) is 25.9. The third kappa shape index (κ3) is 4.13. The van der Waals surface area contributed by atoms with Crippen LogP contribution < -0.4 is 11.1 Å².